The molecule has 0 radical (unpaired) electrons. The number of halogens is 1. The van der Waals surface area contributed by atoms with Crippen LogP contribution in [0.1, 0.15) is 5.56 Å². The molecule has 0 heterocycles. The van der Waals surface area contributed by atoms with Crippen LogP contribution in [0.15, 0.2) is 46.2 Å². The van der Waals surface area contributed by atoms with Gasteiger partial charge in [0.15, 0.2) is 0 Å². The van der Waals surface area contributed by atoms with Crippen LogP contribution in [0.2, 0.25) is 0 Å². The van der Waals surface area contributed by atoms with Crippen molar-refractivity contribution in [1.82, 2.24) is 0 Å². The van der Waals surface area contributed by atoms with Crippen molar-refractivity contribution in [1.29, 1.82) is 0 Å². The number of aryl methyl sites for hydroxylation is 1. The number of hydrogen-bond donors (Lipinski definition) is 1. The Bertz CT molecular complexity index is 646. The zero-order valence-electron chi connectivity index (χ0n) is 9.96. The third-order valence-corrected chi connectivity index (χ3v) is 3.52. The topological polar surface area (TPSA) is 63.4 Å². The molecular weight excluding hydrogens is 269 g/mol. The van der Waals surface area contributed by atoms with Crippen LogP contribution in [0.25, 0.3) is 0 Å². The fraction of sp³-hybridized carbons (Fsp3) is 0.0769. The molecule has 2 aromatic rings. The Morgan fingerprint density at radius 3 is 2.68 bits per heavy atom. The van der Waals surface area contributed by atoms with Gasteiger partial charge in [-0.15, -0.1) is 0 Å². The number of aromatic hydroxyl groups is 1. The van der Waals surface area contributed by atoms with Crippen molar-refractivity contribution in [2.24, 2.45) is 0 Å². The molecule has 6 heteroatoms. The van der Waals surface area contributed by atoms with E-state index in [0.717, 1.165) is 17.8 Å². The lowest BCUT2D eigenvalue weighted by Crippen LogP contribution is -1.94. The van der Waals surface area contributed by atoms with Crippen molar-refractivity contribution in [3.8, 4) is 5.75 Å². The number of hydrogen-bond acceptors (Lipinski definition) is 4. The van der Waals surface area contributed by atoms with Crippen LogP contribution < -0.4 is 0 Å². The predicted octanol–water partition coefficient (Wildman–Crippen LogP) is 3.90. The third-order valence-electron chi connectivity index (χ3n) is 2.48. The van der Waals surface area contributed by atoms with E-state index < -0.39 is 10.7 Å². The van der Waals surface area contributed by atoms with Crippen molar-refractivity contribution in [2.75, 3.05) is 0 Å². The smallest absolute Gasteiger partial charge is 0.286 e. The zero-order valence-corrected chi connectivity index (χ0v) is 10.8. The molecule has 2 rings (SSSR count). The van der Waals surface area contributed by atoms with E-state index >= 15 is 0 Å². The minimum absolute atomic E-state index is 0.0755. The summed E-state index contributed by atoms with van der Waals surface area (Å²) in [7, 11) is 0. The number of rotatable bonds is 3. The van der Waals surface area contributed by atoms with E-state index in [1.807, 2.05) is 0 Å². The average Bonchev–Trinajstić information content (AvgIpc) is 2.33. The van der Waals surface area contributed by atoms with E-state index in [4.69, 9.17) is 0 Å². The first-order valence-corrected chi connectivity index (χ1v) is 6.20. The van der Waals surface area contributed by atoms with Gasteiger partial charge in [0, 0.05) is 4.90 Å². The maximum absolute atomic E-state index is 13.4. The molecule has 0 unspecified atom stereocenters. The van der Waals surface area contributed by atoms with Gasteiger partial charge in [0.2, 0.25) is 0 Å². The van der Waals surface area contributed by atoms with Crippen molar-refractivity contribution >= 4 is 17.4 Å². The standard InChI is InChI=1S/C13H10FNO3S/c1-8-5-13(12(15(17)18)7-11(8)14)19-10-4-2-3-9(16)6-10/h2-7,16H,1H3. The van der Waals surface area contributed by atoms with Crippen LogP contribution in [0.4, 0.5) is 10.1 Å². The molecule has 0 aliphatic rings. The molecule has 19 heavy (non-hydrogen) atoms. The molecule has 0 spiro atoms. The van der Waals surface area contributed by atoms with Crippen molar-refractivity contribution in [3.05, 3.63) is 57.9 Å². The summed E-state index contributed by atoms with van der Waals surface area (Å²) in [6.07, 6.45) is 0. The van der Waals surface area contributed by atoms with E-state index in [2.05, 4.69) is 0 Å². The van der Waals surface area contributed by atoms with Gasteiger partial charge in [0.25, 0.3) is 5.69 Å². The number of phenols is 1. The molecule has 0 saturated carbocycles. The Morgan fingerprint density at radius 2 is 2.05 bits per heavy atom. The quantitative estimate of drug-likeness (QED) is 0.683. The molecule has 0 fully saturated rings. The van der Waals surface area contributed by atoms with Gasteiger partial charge < -0.3 is 5.11 Å². The number of nitro groups is 1. The predicted molar refractivity (Wildman–Crippen MR) is 70.0 cm³/mol. The van der Waals surface area contributed by atoms with Gasteiger partial charge in [-0.25, -0.2) is 4.39 Å². The summed E-state index contributed by atoms with van der Waals surface area (Å²) in [6.45, 7) is 1.55. The summed E-state index contributed by atoms with van der Waals surface area (Å²) < 4.78 is 13.4. The van der Waals surface area contributed by atoms with Crippen LogP contribution in [0, 0.1) is 22.9 Å². The molecule has 0 amide bonds. The Labute approximate surface area is 113 Å². The Kier molecular flexibility index (Phi) is 3.71. The van der Waals surface area contributed by atoms with Gasteiger partial charge in [0.05, 0.1) is 15.9 Å². The lowest BCUT2D eigenvalue weighted by Gasteiger charge is -2.05. The first kappa shape index (κ1) is 13.4. The van der Waals surface area contributed by atoms with Crippen LogP contribution >= 0.6 is 11.8 Å². The fourth-order valence-electron chi connectivity index (χ4n) is 1.54. The largest absolute Gasteiger partial charge is 0.508 e. The van der Waals surface area contributed by atoms with E-state index in [1.165, 1.54) is 18.2 Å². The van der Waals surface area contributed by atoms with Gasteiger partial charge in [-0.05, 0) is 36.8 Å². The summed E-state index contributed by atoms with van der Waals surface area (Å²) in [5.74, 6) is -0.529. The number of benzene rings is 2. The Morgan fingerprint density at radius 1 is 1.32 bits per heavy atom. The molecule has 4 nitrogen and oxygen atoms in total. The summed E-state index contributed by atoms with van der Waals surface area (Å²) in [5.41, 5.74) is 0.0599. The van der Waals surface area contributed by atoms with Crippen molar-refractivity contribution in [3.63, 3.8) is 0 Å². The molecule has 0 atom stereocenters. The molecule has 1 N–H and O–H groups in total. The second kappa shape index (κ2) is 5.27. The SMILES string of the molecule is Cc1cc(Sc2cccc(O)c2)c([N+](=O)[O-])cc1F. The first-order chi connectivity index (χ1) is 8.97. The van der Waals surface area contributed by atoms with Gasteiger partial charge in [-0.1, -0.05) is 17.8 Å². The van der Waals surface area contributed by atoms with Gasteiger partial charge >= 0.3 is 0 Å². The molecule has 2 aromatic carbocycles. The van der Waals surface area contributed by atoms with Gasteiger partial charge in [-0.3, -0.25) is 10.1 Å². The molecule has 0 aliphatic carbocycles. The second-order valence-corrected chi connectivity index (χ2v) is 5.04. The minimum Gasteiger partial charge on any atom is -0.508 e. The summed E-state index contributed by atoms with van der Waals surface area (Å²) in [5, 5.41) is 20.3. The van der Waals surface area contributed by atoms with Crippen molar-refractivity contribution in [2.45, 2.75) is 16.7 Å². The average molecular weight is 279 g/mol. The second-order valence-electron chi connectivity index (χ2n) is 3.93. The highest BCUT2D eigenvalue weighted by Gasteiger charge is 2.18. The summed E-state index contributed by atoms with van der Waals surface area (Å²) in [6, 6.07) is 8.71. The fourth-order valence-corrected chi connectivity index (χ4v) is 2.60. The molecular formula is C13H10FNO3S. The summed E-state index contributed by atoms with van der Waals surface area (Å²) >= 11 is 1.11. The highest BCUT2D eigenvalue weighted by molar-refractivity contribution is 7.99. The maximum Gasteiger partial charge on any atom is 0.286 e. The number of nitro benzene ring substituents is 1. The molecule has 98 valence electrons. The van der Waals surface area contributed by atoms with E-state index in [-0.39, 0.29) is 11.4 Å². The number of phenolic OH excluding ortho intramolecular Hbond substituents is 1. The Hall–Kier alpha value is -2.08. The molecule has 0 aromatic heterocycles. The van der Waals surface area contributed by atoms with Crippen LogP contribution in [0.5, 0.6) is 5.75 Å². The van der Waals surface area contributed by atoms with Crippen molar-refractivity contribution < 1.29 is 14.4 Å². The van der Waals surface area contributed by atoms with Crippen LogP contribution in [0.3, 0.4) is 0 Å². The third kappa shape index (κ3) is 3.03. The molecule has 0 aliphatic heterocycles. The zero-order chi connectivity index (χ0) is 14.0. The van der Waals surface area contributed by atoms with Crippen LogP contribution in [-0.2, 0) is 0 Å². The molecule has 0 saturated heterocycles. The lowest BCUT2D eigenvalue weighted by molar-refractivity contribution is -0.387. The molecule has 0 bridgehead atoms. The summed E-state index contributed by atoms with van der Waals surface area (Å²) in [4.78, 5) is 11.3. The maximum atomic E-state index is 13.4. The highest BCUT2D eigenvalue weighted by Crippen LogP contribution is 2.37. The first-order valence-electron chi connectivity index (χ1n) is 5.39. The normalized spacial score (nSPS) is 10.4. The monoisotopic (exact) mass is 279 g/mol. The van der Waals surface area contributed by atoms with E-state index in [1.54, 1.807) is 19.1 Å². The van der Waals surface area contributed by atoms with E-state index in [0.29, 0.717) is 15.4 Å². The lowest BCUT2D eigenvalue weighted by atomic mass is 10.2. The van der Waals surface area contributed by atoms with Gasteiger partial charge in [-0.2, -0.15) is 0 Å². The Balaban J connectivity index is 2.44. The van der Waals surface area contributed by atoms with Gasteiger partial charge in [0.1, 0.15) is 11.6 Å². The highest BCUT2D eigenvalue weighted by atomic mass is 32.2. The van der Waals surface area contributed by atoms with Crippen LogP contribution in [-0.4, -0.2) is 10.0 Å². The van der Waals surface area contributed by atoms with E-state index in [9.17, 15) is 19.6 Å². The minimum atomic E-state index is -0.617. The number of nitrogens with zero attached hydrogens (tertiary/aromatic N) is 1.